The number of amides is 1. The number of carbonyl (C=O) groups is 2. The third-order valence-electron chi connectivity index (χ3n) is 4.13. The first-order valence-electron chi connectivity index (χ1n) is 7.76. The zero-order valence-corrected chi connectivity index (χ0v) is 13.6. The lowest BCUT2D eigenvalue weighted by Crippen LogP contribution is -2.38. The molecule has 0 aliphatic heterocycles. The highest BCUT2D eigenvalue weighted by atomic mass is 16.5. The molecule has 6 heteroatoms. The van der Waals surface area contributed by atoms with Gasteiger partial charge in [-0.1, -0.05) is 12.8 Å². The lowest BCUT2D eigenvalue weighted by Gasteiger charge is -2.24. The summed E-state index contributed by atoms with van der Waals surface area (Å²) in [7, 11) is 3.11. The average Bonchev–Trinajstić information content (AvgIpc) is 3.07. The fraction of sp³-hybridized carbons (Fsp3) is 0.529. The van der Waals surface area contributed by atoms with Crippen molar-refractivity contribution in [1.82, 2.24) is 4.90 Å². The number of carbonyl (C=O) groups excluding carboxylic acids is 1. The zero-order valence-electron chi connectivity index (χ0n) is 13.6. The second kappa shape index (κ2) is 7.85. The predicted molar refractivity (Wildman–Crippen MR) is 84.6 cm³/mol. The van der Waals surface area contributed by atoms with E-state index in [1.807, 2.05) is 0 Å². The van der Waals surface area contributed by atoms with E-state index in [0.29, 0.717) is 11.5 Å². The molecule has 1 fully saturated rings. The van der Waals surface area contributed by atoms with Gasteiger partial charge in [-0.15, -0.1) is 0 Å². The highest BCUT2D eigenvalue weighted by Gasteiger charge is 2.28. The Morgan fingerprint density at radius 1 is 1.13 bits per heavy atom. The van der Waals surface area contributed by atoms with E-state index in [0.717, 1.165) is 31.2 Å². The third-order valence-corrected chi connectivity index (χ3v) is 4.13. The number of nitrogens with zero attached hydrogens (tertiary/aromatic N) is 1. The van der Waals surface area contributed by atoms with Crippen molar-refractivity contribution in [3.63, 3.8) is 0 Å². The predicted octanol–water partition coefficient (Wildman–Crippen LogP) is 2.31. The molecule has 1 N–H and O–H groups in total. The van der Waals surface area contributed by atoms with Gasteiger partial charge in [0.2, 0.25) is 5.91 Å². The van der Waals surface area contributed by atoms with Gasteiger partial charge in [0, 0.05) is 18.5 Å². The first-order valence-corrected chi connectivity index (χ1v) is 7.76. The molecule has 1 aliphatic rings. The summed E-state index contributed by atoms with van der Waals surface area (Å²) in [5, 5.41) is 9.11. The van der Waals surface area contributed by atoms with E-state index in [1.165, 1.54) is 4.90 Å². The molecule has 1 saturated carbocycles. The van der Waals surface area contributed by atoms with Crippen molar-refractivity contribution in [2.45, 2.75) is 32.2 Å². The maximum absolute atomic E-state index is 12.6. The van der Waals surface area contributed by atoms with Crippen molar-refractivity contribution in [3.8, 4) is 11.5 Å². The number of methoxy groups -OCH3 is 2. The fourth-order valence-corrected chi connectivity index (χ4v) is 2.98. The molecule has 1 amide bonds. The summed E-state index contributed by atoms with van der Waals surface area (Å²) < 4.78 is 10.4. The van der Waals surface area contributed by atoms with Gasteiger partial charge in [-0.3, -0.25) is 9.59 Å². The van der Waals surface area contributed by atoms with Crippen molar-refractivity contribution in [2.24, 2.45) is 5.92 Å². The molecule has 0 atom stereocenters. The molecule has 1 aromatic carbocycles. The Morgan fingerprint density at radius 2 is 1.70 bits per heavy atom. The van der Waals surface area contributed by atoms with Crippen LogP contribution in [-0.4, -0.2) is 42.6 Å². The largest absolute Gasteiger partial charge is 0.497 e. The minimum atomic E-state index is -1.01. The van der Waals surface area contributed by atoms with Crippen LogP contribution < -0.4 is 9.47 Å². The second-order valence-electron chi connectivity index (χ2n) is 5.79. The van der Waals surface area contributed by atoms with Gasteiger partial charge in [-0.25, -0.2) is 0 Å². The minimum Gasteiger partial charge on any atom is -0.497 e. The molecule has 6 nitrogen and oxygen atoms in total. The Labute approximate surface area is 136 Å². The van der Waals surface area contributed by atoms with Crippen molar-refractivity contribution >= 4 is 11.9 Å². The number of rotatable bonds is 7. The van der Waals surface area contributed by atoms with Gasteiger partial charge in [0.25, 0.3) is 0 Å². The van der Waals surface area contributed by atoms with Gasteiger partial charge in [0.1, 0.15) is 18.0 Å². The van der Waals surface area contributed by atoms with Crippen molar-refractivity contribution in [3.05, 3.63) is 23.8 Å². The molecule has 1 aromatic rings. The van der Waals surface area contributed by atoms with Gasteiger partial charge in [0.05, 0.1) is 14.2 Å². The van der Waals surface area contributed by atoms with Crippen LogP contribution in [0.5, 0.6) is 11.5 Å². The Morgan fingerprint density at radius 3 is 2.17 bits per heavy atom. The summed E-state index contributed by atoms with van der Waals surface area (Å²) in [5.41, 5.74) is 0.786. The van der Waals surface area contributed by atoms with E-state index in [2.05, 4.69) is 0 Å². The number of aliphatic carboxylic acids is 1. The molecule has 2 rings (SSSR count). The Hall–Kier alpha value is -2.24. The molecule has 23 heavy (non-hydrogen) atoms. The molecule has 0 spiro atoms. The van der Waals surface area contributed by atoms with Gasteiger partial charge < -0.3 is 19.5 Å². The van der Waals surface area contributed by atoms with E-state index in [4.69, 9.17) is 14.6 Å². The standard InChI is InChI=1S/C17H23NO5/c1-22-14-7-12(8-15(9-14)23-2)10-18(11-16(19)20)17(21)13-5-3-4-6-13/h7-9,13H,3-6,10-11H2,1-2H3,(H,19,20). The summed E-state index contributed by atoms with van der Waals surface area (Å²) >= 11 is 0. The van der Waals surface area contributed by atoms with Crippen molar-refractivity contribution in [1.29, 1.82) is 0 Å². The van der Waals surface area contributed by atoms with E-state index < -0.39 is 5.97 Å². The molecule has 0 saturated heterocycles. The molecule has 0 radical (unpaired) electrons. The van der Waals surface area contributed by atoms with Crippen LogP contribution in [0.2, 0.25) is 0 Å². The average molecular weight is 321 g/mol. The highest BCUT2D eigenvalue weighted by molar-refractivity contribution is 5.83. The second-order valence-corrected chi connectivity index (χ2v) is 5.79. The van der Waals surface area contributed by atoms with Crippen LogP contribution in [0.1, 0.15) is 31.2 Å². The van der Waals surface area contributed by atoms with Gasteiger partial charge in [-0.05, 0) is 30.5 Å². The quantitative estimate of drug-likeness (QED) is 0.834. The fourth-order valence-electron chi connectivity index (χ4n) is 2.98. The van der Waals surface area contributed by atoms with Crippen LogP contribution in [0.3, 0.4) is 0 Å². The third kappa shape index (κ3) is 4.61. The Bertz CT molecular complexity index is 544. The number of benzene rings is 1. The first kappa shape index (κ1) is 17.1. The van der Waals surface area contributed by atoms with Gasteiger partial charge in [0.15, 0.2) is 0 Å². The monoisotopic (exact) mass is 321 g/mol. The van der Waals surface area contributed by atoms with Crippen LogP contribution in [-0.2, 0) is 16.1 Å². The number of hydrogen-bond donors (Lipinski definition) is 1. The molecule has 1 aliphatic carbocycles. The van der Waals surface area contributed by atoms with Crippen LogP contribution in [0.4, 0.5) is 0 Å². The highest BCUT2D eigenvalue weighted by Crippen LogP contribution is 2.28. The summed E-state index contributed by atoms with van der Waals surface area (Å²) in [6, 6.07) is 5.32. The Kier molecular flexibility index (Phi) is 5.84. The normalized spacial score (nSPS) is 14.5. The summed E-state index contributed by atoms with van der Waals surface area (Å²) in [6.07, 6.45) is 3.75. The Balaban J connectivity index is 2.19. The topological polar surface area (TPSA) is 76.1 Å². The smallest absolute Gasteiger partial charge is 0.323 e. The van der Waals surface area contributed by atoms with E-state index in [1.54, 1.807) is 32.4 Å². The zero-order chi connectivity index (χ0) is 16.8. The van der Waals surface area contributed by atoms with Crippen LogP contribution in [0.25, 0.3) is 0 Å². The molecule has 0 heterocycles. The number of carboxylic acid groups (broad SMARTS) is 1. The summed E-state index contributed by atoms with van der Waals surface area (Å²) in [5.74, 6) is 0.0885. The first-order chi connectivity index (χ1) is 11.0. The van der Waals surface area contributed by atoms with E-state index in [-0.39, 0.29) is 24.9 Å². The maximum atomic E-state index is 12.6. The molecule has 0 unspecified atom stereocenters. The van der Waals surface area contributed by atoms with Crippen molar-refractivity contribution < 1.29 is 24.2 Å². The lowest BCUT2D eigenvalue weighted by atomic mass is 10.1. The van der Waals surface area contributed by atoms with E-state index in [9.17, 15) is 9.59 Å². The van der Waals surface area contributed by atoms with E-state index >= 15 is 0 Å². The van der Waals surface area contributed by atoms with Gasteiger partial charge in [-0.2, -0.15) is 0 Å². The number of ether oxygens (including phenoxy) is 2. The lowest BCUT2D eigenvalue weighted by molar-refractivity contribution is -0.146. The molecular weight excluding hydrogens is 298 g/mol. The van der Waals surface area contributed by atoms with Crippen LogP contribution in [0, 0.1) is 5.92 Å². The number of hydrogen-bond acceptors (Lipinski definition) is 4. The minimum absolute atomic E-state index is 0.0538. The van der Waals surface area contributed by atoms with Crippen molar-refractivity contribution in [2.75, 3.05) is 20.8 Å². The summed E-state index contributed by atoms with van der Waals surface area (Å²) in [4.78, 5) is 25.1. The SMILES string of the molecule is COc1cc(CN(CC(=O)O)C(=O)C2CCCC2)cc(OC)c1. The van der Waals surface area contributed by atoms with Gasteiger partial charge >= 0.3 is 5.97 Å². The molecule has 126 valence electrons. The molecule has 0 aromatic heterocycles. The maximum Gasteiger partial charge on any atom is 0.323 e. The molecule has 0 bridgehead atoms. The van der Waals surface area contributed by atoms with Crippen LogP contribution >= 0.6 is 0 Å². The molecular formula is C17H23NO5. The number of carboxylic acids is 1. The van der Waals surface area contributed by atoms with Crippen LogP contribution in [0.15, 0.2) is 18.2 Å². The summed E-state index contributed by atoms with van der Waals surface area (Å²) in [6.45, 7) is -0.0654.